The molecule has 1 atom stereocenters. The molecule has 1 unspecified atom stereocenters. The van der Waals surface area contributed by atoms with Crippen molar-refractivity contribution >= 4 is 23.1 Å². The molecule has 0 fully saturated rings. The van der Waals surface area contributed by atoms with Gasteiger partial charge in [-0.25, -0.2) is 0 Å². The number of hydrogen-bond acceptors (Lipinski definition) is 2. The summed E-state index contributed by atoms with van der Waals surface area (Å²) in [6, 6.07) is 0. The quantitative estimate of drug-likeness (QED) is 0.691. The second-order valence-electron chi connectivity index (χ2n) is 5.18. The van der Waals surface area contributed by atoms with Gasteiger partial charge in [0, 0.05) is 13.1 Å². The Morgan fingerprint density at radius 1 is 1.22 bits per heavy atom. The minimum atomic E-state index is -0.325. The maximum atomic E-state index is 12.5. The van der Waals surface area contributed by atoms with E-state index in [2.05, 4.69) is 13.8 Å². The van der Waals surface area contributed by atoms with Crippen LogP contribution in [0.15, 0.2) is 0 Å². The van der Waals surface area contributed by atoms with Gasteiger partial charge in [0.25, 0.3) is 0 Å². The van der Waals surface area contributed by atoms with Crippen LogP contribution in [0.5, 0.6) is 0 Å². The van der Waals surface area contributed by atoms with Crippen molar-refractivity contribution in [1.82, 2.24) is 4.90 Å². The van der Waals surface area contributed by atoms with Crippen molar-refractivity contribution in [1.29, 1.82) is 0 Å². The van der Waals surface area contributed by atoms with Crippen molar-refractivity contribution in [3.05, 3.63) is 0 Å². The second kappa shape index (κ2) is 8.46. The lowest BCUT2D eigenvalue weighted by Gasteiger charge is -2.30. The van der Waals surface area contributed by atoms with E-state index in [1.807, 2.05) is 25.7 Å². The van der Waals surface area contributed by atoms with Gasteiger partial charge in [-0.3, -0.25) is 4.79 Å². The highest BCUT2D eigenvalue weighted by molar-refractivity contribution is 7.80. The monoisotopic (exact) mass is 272 g/mol. The van der Waals surface area contributed by atoms with Crippen molar-refractivity contribution in [2.75, 3.05) is 13.1 Å². The van der Waals surface area contributed by atoms with E-state index in [1.165, 1.54) is 0 Å². The summed E-state index contributed by atoms with van der Waals surface area (Å²) < 4.78 is 0. The van der Waals surface area contributed by atoms with Gasteiger partial charge < -0.3 is 10.6 Å². The summed E-state index contributed by atoms with van der Waals surface area (Å²) in [4.78, 5) is 14.7. The Morgan fingerprint density at radius 2 is 1.72 bits per heavy atom. The van der Waals surface area contributed by atoms with Crippen molar-refractivity contribution in [2.24, 2.45) is 23.5 Å². The molecule has 0 aliphatic rings. The van der Waals surface area contributed by atoms with Crippen LogP contribution in [-0.4, -0.2) is 28.9 Å². The summed E-state index contributed by atoms with van der Waals surface area (Å²) in [6.45, 7) is 11.9. The zero-order chi connectivity index (χ0) is 14.3. The highest BCUT2D eigenvalue weighted by Crippen LogP contribution is 2.17. The van der Waals surface area contributed by atoms with E-state index in [4.69, 9.17) is 18.0 Å². The van der Waals surface area contributed by atoms with Crippen LogP contribution < -0.4 is 5.73 Å². The molecule has 0 aliphatic carbocycles. The van der Waals surface area contributed by atoms with Gasteiger partial charge in [0.05, 0.1) is 10.9 Å². The van der Waals surface area contributed by atoms with E-state index in [1.54, 1.807) is 0 Å². The Balaban J connectivity index is 4.82. The van der Waals surface area contributed by atoms with Crippen molar-refractivity contribution in [3.8, 4) is 0 Å². The zero-order valence-corrected chi connectivity index (χ0v) is 13.2. The first-order valence-electron chi connectivity index (χ1n) is 6.96. The van der Waals surface area contributed by atoms with Crippen molar-refractivity contribution in [3.63, 3.8) is 0 Å². The van der Waals surface area contributed by atoms with E-state index in [0.29, 0.717) is 10.9 Å². The van der Waals surface area contributed by atoms with E-state index in [0.717, 1.165) is 25.9 Å². The molecule has 0 saturated carbocycles. The molecule has 0 aromatic rings. The standard InChI is InChI=1S/C14H28N2OS/c1-6-11(7-2)9-16(8-3)14(17)12(10(4)5)13(15)18/h10-12H,6-9H2,1-5H3,(H2,15,18). The lowest BCUT2D eigenvalue weighted by molar-refractivity contribution is -0.134. The smallest absolute Gasteiger partial charge is 0.232 e. The fraction of sp³-hybridized carbons (Fsp3) is 0.857. The molecule has 0 radical (unpaired) electrons. The van der Waals surface area contributed by atoms with E-state index >= 15 is 0 Å². The van der Waals surface area contributed by atoms with Gasteiger partial charge in [0.2, 0.25) is 5.91 Å². The first-order chi connectivity index (χ1) is 8.38. The third-order valence-corrected chi connectivity index (χ3v) is 3.82. The molecule has 0 spiro atoms. The summed E-state index contributed by atoms with van der Waals surface area (Å²) in [5.74, 6) is 0.486. The maximum Gasteiger partial charge on any atom is 0.232 e. The van der Waals surface area contributed by atoms with Gasteiger partial charge >= 0.3 is 0 Å². The number of rotatable bonds is 8. The fourth-order valence-electron chi connectivity index (χ4n) is 2.17. The van der Waals surface area contributed by atoms with Crippen LogP contribution in [0.4, 0.5) is 0 Å². The maximum absolute atomic E-state index is 12.5. The average Bonchev–Trinajstić information content (AvgIpc) is 2.29. The number of thiocarbonyl (C=S) groups is 1. The molecular formula is C14H28N2OS. The normalized spacial score (nSPS) is 12.8. The van der Waals surface area contributed by atoms with Gasteiger partial charge in [-0.15, -0.1) is 0 Å². The second-order valence-corrected chi connectivity index (χ2v) is 5.65. The predicted molar refractivity (Wildman–Crippen MR) is 81.4 cm³/mol. The Bertz CT molecular complexity index is 275. The minimum absolute atomic E-state index is 0.0897. The number of nitrogens with zero attached hydrogens (tertiary/aromatic N) is 1. The molecule has 2 N–H and O–H groups in total. The Morgan fingerprint density at radius 3 is 2.00 bits per heavy atom. The van der Waals surface area contributed by atoms with Crippen molar-refractivity contribution in [2.45, 2.75) is 47.5 Å². The van der Waals surface area contributed by atoms with Gasteiger partial charge in [-0.2, -0.15) is 0 Å². The molecule has 0 aliphatic heterocycles. The lowest BCUT2D eigenvalue weighted by atomic mass is 9.93. The zero-order valence-electron chi connectivity index (χ0n) is 12.4. The molecule has 0 bridgehead atoms. The third kappa shape index (κ3) is 4.92. The molecular weight excluding hydrogens is 244 g/mol. The van der Waals surface area contributed by atoms with Gasteiger partial charge in [0.15, 0.2) is 0 Å². The summed E-state index contributed by atoms with van der Waals surface area (Å²) in [6.07, 6.45) is 2.19. The number of carbonyl (C=O) groups is 1. The molecule has 3 nitrogen and oxygen atoms in total. The minimum Gasteiger partial charge on any atom is -0.393 e. The molecule has 0 saturated heterocycles. The van der Waals surface area contributed by atoms with Crippen molar-refractivity contribution < 1.29 is 4.79 Å². The lowest BCUT2D eigenvalue weighted by Crippen LogP contribution is -2.45. The number of nitrogens with two attached hydrogens (primary N) is 1. The van der Waals surface area contributed by atoms with Crippen LogP contribution in [0.25, 0.3) is 0 Å². The van der Waals surface area contributed by atoms with Crippen LogP contribution in [0.2, 0.25) is 0 Å². The van der Waals surface area contributed by atoms with E-state index < -0.39 is 0 Å². The van der Waals surface area contributed by atoms with Crippen LogP contribution in [0, 0.1) is 17.8 Å². The molecule has 0 aromatic heterocycles. The topological polar surface area (TPSA) is 46.3 Å². The van der Waals surface area contributed by atoms with Gasteiger partial charge in [-0.1, -0.05) is 52.8 Å². The van der Waals surface area contributed by atoms with Crippen LogP contribution in [0.1, 0.15) is 47.5 Å². The molecule has 1 amide bonds. The summed E-state index contributed by atoms with van der Waals surface area (Å²) in [7, 11) is 0. The highest BCUT2D eigenvalue weighted by Gasteiger charge is 2.29. The third-order valence-electron chi connectivity index (χ3n) is 3.57. The molecule has 18 heavy (non-hydrogen) atoms. The number of amides is 1. The summed E-state index contributed by atoms with van der Waals surface area (Å²) in [5.41, 5.74) is 5.71. The molecule has 0 rings (SSSR count). The molecule has 0 heterocycles. The van der Waals surface area contributed by atoms with Crippen LogP contribution >= 0.6 is 12.2 Å². The number of carbonyl (C=O) groups excluding carboxylic acids is 1. The Kier molecular flexibility index (Phi) is 8.16. The van der Waals surface area contributed by atoms with Gasteiger partial charge in [-0.05, 0) is 18.8 Å². The predicted octanol–water partition coefficient (Wildman–Crippen LogP) is 2.83. The average molecular weight is 272 g/mol. The highest BCUT2D eigenvalue weighted by atomic mass is 32.1. The Labute approximate surface area is 117 Å². The van der Waals surface area contributed by atoms with Crippen LogP contribution in [-0.2, 0) is 4.79 Å². The molecule has 106 valence electrons. The molecule has 4 heteroatoms. The first-order valence-corrected chi connectivity index (χ1v) is 7.37. The largest absolute Gasteiger partial charge is 0.393 e. The Hall–Kier alpha value is -0.640. The molecule has 0 aromatic carbocycles. The first kappa shape index (κ1) is 17.4. The van der Waals surface area contributed by atoms with E-state index in [-0.39, 0.29) is 17.7 Å². The van der Waals surface area contributed by atoms with Crippen LogP contribution in [0.3, 0.4) is 0 Å². The SMILES string of the molecule is CCC(CC)CN(CC)C(=O)C(C(N)=S)C(C)C. The van der Waals surface area contributed by atoms with E-state index in [9.17, 15) is 4.79 Å². The fourth-order valence-corrected chi connectivity index (χ4v) is 2.54. The summed E-state index contributed by atoms with van der Waals surface area (Å²) >= 11 is 5.04. The van der Waals surface area contributed by atoms with Gasteiger partial charge in [0.1, 0.15) is 0 Å². The number of hydrogen-bond donors (Lipinski definition) is 1. The summed E-state index contributed by atoms with van der Waals surface area (Å²) in [5, 5.41) is 0.